The smallest absolute Gasteiger partial charge is 0.338 e. The van der Waals surface area contributed by atoms with Crippen LogP contribution in [0.2, 0.25) is 0 Å². The summed E-state index contributed by atoms with van der Waals surface area (Å²) in [7, 11) is 0. The fraction of sp³-hybridized carbons (Fsp3) is 0.462. The molecule has 0 spiro atoms. The molecular weight excluding hydrogens is 220 g/mol. The van der Waals surface area contributed by atoms with Crippen molar-refractivity contribution in [3.05, 3.63) is 35.9 Å². The molecule has 1 fully saturated rings. The molecule has 0 N–H and O–H groups in total. The van der Waals surface area contributed by atoms with Crippen molar-refractivity contribution in [2.24, 2.45) is 0 Å². The van der Waals surface area contributed by atoms with Crippen LogP contribution in [-0.4, -0.2) is 18.7 Å². The first-order valence-electron chi connectivity index (χ1n) is 5.85. The highest BCUT2D eigenvalue weighted by atomic mass is 17.2. The average molecular weight is 236 g/mol. The van der Waals surface area contributed by atoms with Crippen molar-refractivity contribution in [3.63, 3.8) is 0 Å². The van der Waals surface area contributed by atoms with Crippen LogP contribution in [0.5, 0.6) is 0 Å². The first-order valence-corrected chi connectivity index (χ1v) is 5.85. The Hall–Kier alpha value is -1.39. The van der Waals surface area contributed by atoms with Gasteiger partial charge in [-0.05, 0) is 24.8 Å². The summed E-state index contributed by atoms with van der Waals surface area (Å²) < 4.78 is 5.18. The van der Waals surface area contributed by atoms with Gasteiger partial charge in [-0.3, -0.25) is 0 Å². The minimum absolute atomic E-state index is 0.277. The Morgan fingerprint density at radius 2 is 2.12 bits per heavy atom. The molecule has 1 saturated heterocycles. The molecule has 0 aromatic heterocycles. The largest absolute Gasteiger partial charge is 0.459 e. The minimum Gasteiger partial charge on any atom is -0.459 e. The van der Waals surface area contributed by atoms with E-state index in [0.717, 1.165) is 18.4 Å². The number of rotatable bonds is 3. The molecule has 2 rings (SSSR count). The molecule has 17 heavy (non-hydrogen) atoms. The third-order valence-electron chi connectivity index (χ3n) is 2.61. The monoisotopic (exact) mass is 236 g/mol. The van der Waals surface area contributed by atoms with Gasteiger partial charge in [-0.1, -0.05) is 30.3 Å². The molecule has 4 heteroatoms. The molecule has 92 valence electrons. The van der Waals surface area contributed by atoms with E-state index in [9.17, 15) is 4.79 Å². The topological polar surface area (TPSA) is 44.8 Å². The highest BCUT2D eigenvalue weighted by Crippen LogP contribution is 2.13. The highest BCUT2D eigenvalue weighted by molar-refractivity contribution is 5.74. The first kappa shape index (κ1) is 12.1. The number of hydrogen-bond donors (Lipinski definition) is 0. The zero-order chi connectivity index (χ0) is 11.9. The molecule has 0 bridgehead atoms. The highest BCUT2D eigenvalue weighted by Gasteiger charge is 2.23. The summed E-state index contributed by atoms with van der Waals surface area (Å²) in [5, 5.41) is 0. The lowest BCUT2D eigenvalue weighted by molar-refractivity contribution is -0.314. The van der Waals surface area contributed by atoms with Gasteiger partial charge in [0.2, 0.25) is 0 Å². The Labute approximate surface area is 100 Å². The van der Waals surface area contributed by atoms with Gasteiger partial charge < -0.3 is 4.74 Å². The molecule has 0 saturated carbocycles. The zero-order valence-corrected chi connectivity index (χ0v) is 9.63. The van der Waals surface area contributed by atoms with Crippen molar-refractivity contribution in [1.29, 1.82) is 0 Å². The Bertz CT molecular complexity index is 342. The Kier molecular flexibility index (Phi) is 4.53. The Balaban J connectivity index is 1.80. The number of carbonyl (C=O) groups excluding carboxylic acids is 1. The predicted octanol–water partition coefficient (Wildman–Crippen LogP) is 2.23. The maximum atomic E-state index is 11.7. The van der Waals surface area contributed by atoms with Crippen molar-refractivity contribution in [2.45, 2.75) is 32.0 Å². The van der Waals surface area contributed by atoms with Gasteiger partial charge in [-0.2, -0.15) is 0 Å². The van der Waals surface area contributed by atoms with Gasteiger partial charge in [-0.25, -0.2) is 14.6 Å². The van der Waals surface area contributed by atoms with E-state index < -0.39 is 6.10 Å². The van der Waals surface area contributed by atoms with Gasteiger partial charge in [0.05, 0.1) is 6.61 Å². The average Bonchev–Trinajstić information content (AvgIpc) is 2.66. The predicted molar refractivity (Wildman–Crippen MR) is 60.9 cm³/mol. The molecule has 1 aromatic rings. The van der Waals surface area contributed by atoms with Crippen LogP contribution in [-0.2, 0) is 25.9 Å². The van der Waals surface area contributed by atoms with E-state index in [-0.39, 0.29) is 12.6 Å². The molecule has 1 unspecified atom stereocenters. The zero-order valence-electron chi connectivity index (χ0n) is 9.63. The van der Waals surface area contributed by atoms with Crippen LogP contribution in [0.1, 0.15) is 24.8 Å². The van der Waals surface area contributed by atoms with E-state index in [1.165, 1.54) is 0 Å². The second kappa shape index (κ2) is 6.37. The molecule has 1 aromatic carbocycles. The number of hydrogen-bond acceptors (Lipinski definition) is 4. The first-order chi connectivity index (χ1) is 8.36. The van der Waals surface area contributed by atoms with Gasteiger partial charge >= 0.3 is 5.97 Å². The van der Waals surface area contributed by atoms with E-state index >= 15 is 0 Å². The van der Waals surface area contributed by atoms with E-state index in [1.807, 2.05) is 30.3 Å². The van der Waals surface area contributed by atoms with Crippen LogP contribution in [0.15, 0.2) is 30.3 Å². The second-order valence-corrected chi connectivity index (χ2v) is 4.00. The maximum absolute atomic E-state index is 11.7. The molecular formula is C13H16O4. The van der Waals surface area contributed by atoms with Crippen molar-refractivity contribution >= 4 is 5.97 Å². The van der Waals surface area contributed by atoms with Gasteiger partial charge in [0.1, 0.15) is 6.61 Å². The molecule has 1 aliphatic heterocycles. The number of benzene rings is 1. The second-order valence-electron chi connectivity index (χ2n) is 4.00. The quantitative estimate of drug-likeness (QED) is 0.596. The lowest BCUT2D eigenvalue weighted by Gasteiger charge is -2.12. The number of ether oxygens (including phenoxy) is 1. The normalized spacial score (nSPS) is 20.6. The molecule has 0 radical (unpaired) electrons. The summed E-state index contributed by atoms with van der Waals surface area (Å²) >= 11 is 0. The van der Waals surface area contributed by atoms with Crippen LogP contribution in [0.3, 0.4) is 0 Å². The van der Waals surface area contributed by atoms with Gasteiger partial charge in [-0.15, -0.1) is 0 Å². The van der Waals surface area contributed by atoms with Crippen molar-refractivity contribution < 1.29 is 19.3 Å². The van der Waals surface area contributed by atoms with Gasteiger partial charge in [0.25, 0.3) is 0 Å². The molecule has 0 aliphatic carbocycles. The van der Waals surface area contributed by atoms with Crippen LogP contribution in [0, 0.1) is 0 Å². The van der Waals surface area contributed by atoms with Crippen LogP contribution < -0.4 is 0 Å². The van der Waals surface area contributed by atoms with E-state index in [2.05, 4.69) is 0 Å². The Morgan fingerprint density at radius 1 is 1.29 bits per heavy atom. The van der Waals surface area contributed by atoms with Crippen LogP contribution >= 0.6 is 0 Å². The minimum atomic E-state index is -0.582. The molecule has 1 aliphatic rings. The molecule has 1 heterocycles. The fourth-order valence-electron chi connectivity index (χ4n) is 1.65. The van der Waals surface area contributed by atoms with Gasteiger partial charge in [0.15, 0.2) is 6.10 Å². The summed E-state index contributed by atoms with van der Waals surface area (Å²) in [6.45, 7) is 0.821. The summed E-state index contributed by atoms with van der Waals surface area (Å²) in [4.78, 5) is 21.6. The molecule has 1 atom stereocenters. The molecule has 0 amide bonds. The maximum Gasteiger partial charge on any atom is 0.338 e. The third kappa shape index (κ3) is 3.84. The SMILES string of the molecule is O=C(OCc1ccccc1)C1CCCCOO1. The van der Waals surface area contributed by atoms with Crippen molar-refractivity contribution in [2.75, 3.05) is 6.61 Å². The summed E-state index contributed by atoms with van der Waals surface area (Å²) in [6.07, 6.45) is 1.92. The van der Waals surface area contributed by atoms with Crippen molar-refractivity contribution in [1.82, 2.24) is 0 Å². The van der Waals surface area contributed by atoms with Crippen LogP contribution in [0.4, 0.5) is 0 Å². The van der Waals surface area contributed by atoms with Crippen molar-refractivity contribution in [3.8, 4) is 0 Å². The fourth-order valence-corrected chi connectivity index (χ4v) is 1.65. The third-order valence-corrected chi connectivity index (χ3v) is 2.61. The Morgan fingerprint density at radius 3 is 2.94 bits per heavy atom. The summed E-state index contributed by atoms with van der Waals surface area (Å²) in [5.41, 5.74) is 0.968. The lowest BCUT2D eigenvalue weighted by atomic mass is 10.1. The lowest BCUT2D eigenvalue weighted by Crippen LogP contribution is -2.25. The van der Waals surface area contributed by atoms with E-state index in [0.29, 0.717) is 13.0 Å². The van der Waals surface area contributed by atoms with E-state index in [4.69, 9.17) is 14.5 Å². The molecule has 4 nitrogen and oxygen atoms in total. The number of carbonyl (C=O) groups is 1. The van der Waals surface area contributed by atoms with Gasteiger partial charge in [0, 0.05) is 0 Å². The van der Waals surface area contributed by atoms with E-state index in [1.54, 1.807) is 0 Å². The number of esters is 1. The van der Waals surface area contributed by atoms with Crippen LogP contribution in [0.25, 0.3) is 0 Å². The standard InChI is InChI=1S/C13H16O4/c14-13(12-8-4-5-9-16-17-12)15-10-11-6-2-1-3-7-11/h1-3,6-7,12H,4-5,8-10H2. The summed E-state index contributed by atoms with van der Waals surface area (Å²) in [5.74, 6) is -0.351. The summed E-state index contributed by atoms with van der Waals surface area (Å²) in [6, 6.07) is 9.58.